The maximum absolute atomic E-state index is 5.33. The minimum absolute atomic E-state index is 0.755. The van der Waals surface area contributed by atoms with Gasteiger partial charge in [-0.3, -0.25) is 0 Å². The summed E-state index contributed by atoms with van der Waals surface area (Å²) in [5.41, 5.74) is 2.18. The van der Waals surface area contributed by atoms with Crippen LogP contribution in [0.3, 0.4) is 0 Å². The molecule has 52 valence electrons. The van der Waals surface area contributed by atoms with Crippen molar-refractivity contribution in [2.24, 2.45) is 0 Å². The lowest BCUT2D eigenvalue weighted by molar-refractivity contribution is 0.510. The standard InChI is InChI=1S/C8H9NO/c1-5-3-4-7-8(5)10-6(2)9-7/h1,3-4H2,2H3. The number of hydrogen-bond donors (Lipinski definition) is 0. The highest BCUT2D eigenvalue weighted by Gasteiger charge is 2.20. The lowest BCUT2D eigenvalue weighted by Crippen LogP contribution is -1.77. The van der Waals surface area contributed by atoms with Crippen LogP contribution in [0.15, 0.2) is 11.0 Å². The van der Waals surface area contributed by atoms with Gasteiger partial charge in [-0.2, -0.15) is 0 Å². The Morgan fingerprint density at radius 2 is 2.30 bits per heavy atom. The highest BCUT2D eigenvalue weighted by molar-refractivity contribution is 5.64. The summed E-state index contributed by atoms with van der Waals surface area (Å²) in [5, 5.41) is 0. The van der Waals surface area contributed by atoms with E-state index in [0.717, 1.165) is 35.8 Å². The third-order valence-electron chi connectivity index (χ3n) is 1.79. The topological polar surface area (TPSA) is 26.0 Å². The van der Waals surface area contributed by atoms with Crippen LogP contribution >= 0.6 is 0 Å². The first-order valence-electron chi connectivity index (χ1n) is 3.42. The zero-order valence-corrected chi connectivity index (χ0v) is 5.98. The average Bonchev–Trinajstić information content (AvgIpc) is 2.35. The van der Waals surface area contributed by atoms with Gasteiger partial charge in [-0.25, -0.2) is 4.98 Å². The van der Waals surface area contributed by atoms with E-state index in [1.165, 1.54) is 0 Å². The Hall–Kier alpha value is -1.05. The molecule has 0 aromatic carbocycles. The lowest BCUT2D eigenvalue weighted by Gasteiger charge is -1.87. The second-order valence-corrected chi connectivity index (χ2v) is 2.61. The van der Waals surface area contributed by atoms with Gasteiger partial charge in [0.05, 0.1) is 5.69 Å². The summed E-state index contributed by atoms with van der Waals surface area (Å²) in [6, 6.07) is 0. The summed E-state index contributed by atoms with van der Waals surface area (Å²) in [7, 11) is 0. The van der Waals surface area contributed by atoms with E-state index in [0.29, 0.717) is 0 Å². The maximum Gasteiger partial charge on any atom is 0.192 e. The number of allylic oxidation sites excluding steroid dienone is 1. The van der Waals surface area contributed by atoms with Crippen molar-refractivity contribution in [3.63, 3.8) is 0 Å². The van der Waals surface area contributed by atoms with Crippen molar-refractivity contribution in [1.82, 2.24) is 4.98 Å². The molecule has 0 bridgehead atoms. The first kappa shape index (κ1) is 5.71. The Morgan fingerprint density at radius 3 is 3.00 bits per heavy atom. The molecule has 0 atom stereocenters. The van der Waals surface area contributed by atoms with Gasteiger partial charge in [-0.15, -0.1) is 0 Å². The summed E-state index contributed by atoms with van der Waals surface area (Å²) in [4.78, 5) is 4.21. The summed E-state index contributed by atoms with van der Waals surface area (Å²) < 4.78 is 5.33. The van der Waals surface area contributed by atoms with Crippen LogP contribution in [0.25, 0.3) is 5.57 Å². The van der Waals surface area contributed by atoms with Gasteiger partial charge >= 0.3 is 0 Å². The predicted octanol–water partition coefficient (Wildman–Crippen LogP) is 1.94. The number of fused-ring (bicyclic) bond motifs is 1. The molecule has 1 aromatic heterocycles. The van der Waals surface area contributed by atoms with E-state index in [1.54, 1.807) is 0 Å². The van der Waals surface area contributed by atoms with Crippen molar-refractivity contribution in [3.8, 4) is 0 Å². The molecule has 0 saturated carbocycles. The zero-order chi connectivity index (χ0) is 7.14. The van der Waals surface area contributed by atoms with Gasteiger partial charge in [-0.1, -0.05) is 6.58 Å². The van der Waals surface area contributed by atoms with Crippen molar-refractivity contribution < 1.29 is 4.42 Å². The second kappa shape index (κ2) is 1.72. The van der Waals surface area contributed by atoms with E-state index in [1.807, 2.05) is 6.92 Å². The zero-order valence-electron chi connectivity index (χ0n) is 5.98. The Labute approximate surface area is 59.6 Å². The highest BCUT2D eigenvalue weighted by atomic mass is 16.4. The fraction of sp³-hybridized carbons (Fsp3) is 0.375. The summed E-state index contributed by atoms with van der Waals surface area (Å²) in [6.07, 6.45) is 2.02. The predicted molar refractivity (Wildman–Crippen MR) is 38.6 cm³/mol. The van der Waals surface area contributed by atoms with E-state index in [2.05, 4.69) is 11.6 Å². The molecule has 0 radical (unpaired) electrons. The van der Waals surface area contributed by atoms with Crippen LogP contribution < -0.4 is 0 Å². The summed E-state index contributed by atoms with van der Waals surface area (Å²) >= 11 is 0. The van der Waals surface area contributed by atoms with Crippen LogP contribution in [0.1, 0.15) is 23.8 Å². The molecule has 1 aliphatic carbocycles. The molecule has 1 heterocycles. The largest absolute Gasteiger partial charge is 0.441 e. The van der Waals surface area contributed by atoms with Gasteiger partial charge in [-0.05, 0) is 18.4 Å². The van der Waals surface area contributed by atoms with E-state index in [4.69, 9.17) is 4.42 Å². The fourth-order valence-corrected chi connectivity index (χ4v) is 1.30. The first-order valence-corrected chi connectivity index (χ1v) is 3.42. The van der Waals surface area contributed by atoms with Crippen LogP contribution in [-0.2, 0) is 6.42 Å². The van der Waals surface area contributed by atoms with Gasteiger partial charge in [0.2, 0.25) is 0 Å². The molecule has 2 heteroatoms. The molecular formula is C8H9NO. The number of aryl methyl sites for hydroxylation is 2. The van der Waals surface area contributed by atoms with Crippen molar-refractivity contribution in [2.75, 3.05) is 0 Å². The molecular weight excluding hydrogens is 126 g/mol. The molecule has 2 rings (SSSR count). The minimum Gasteiger partial charge on any atom is -0.441 e. The van der Waals surface area contributed by atoms with Crippen LogP contribution in [0.2, 0.25) is 0 Å². The maximum atomic E-state index is 5.33. The molecule has 0 unspecified atom stereocenters. The Morgan fingerprint density at radius 1 is 1.50 bits per heavy atom. The van der Waals surface area contributed by atoms with Gasteiger partial charge in [0.15, 0.2) is 11.7 Å². The van der Waals surface area contributed by atoms with E-state index in [-0.39, 0.29) is 0 Å². The molecule has 0 fully saturated rings. The van der Waals surface area contributed by atoms with Crippen molar-refractivity contribution >= 4 is 5.57 Å². The number of oxazole rings is 1. The Balaban J connectivity index is 2.59. The highest BCUT2D eigenvalue weighted by Crippen LogP contribution is 2.30. The van der Waals surface area contributed by atoms with Crippen molar-refractivity contribution in [3.05, 3.63) is 23.9 Å². The smallest absolute Gasteiger partial charge is 0.192 e. The second-order valence-electron chi connectivity index (χ2n) is 2.61. The molecule has 0 saturated heterocycles. The third-order valence-corrected chi connectivity index (χ3v) is 1.79. The molecule has 2 nitrogen and oxygen atoms in total. The molecule has 0 N–H and O–H groups in total. The minimum atomic E-state index is 0.755. The first-order chi connectivity index (χ1) is 4.77. The lowest BCUT2D eigenvalue weighted by atomic mass is 10.3. The number of nitrogens with zero attached hydrogens (tertiary/aromatic N) is 1. The van der Waals surface area contributed by atoms with Crippen molar-refractivity contribution in [1.29, 1.82) is 0 Å². The van der Waals surface area contributed by atoms with Gasteiger partial charge in [0, 0.05) is 6.92 Å². The number of hydrogen-bond acceptors (Lipinski definition) is 2. The number of rotatable bonds is 0. The quantitative estimate of drug-likeness (QED) is 0.543. The summed E-state index contributed by atoms with van der Waals surface area (Å²) in [6.45, 7) is 5.74. The van der Waals surface area contributed by atoms with Crippen LogP contribution in [-0.4, -0.2) is 4.98 Å². The van der Waals surface area contributed by atoms with Crippen LogP contribution in [0.5, 0.6) is 0 Å². The SMILES string of the molecule is C=C1CCc2nc(C)oc21. The Bertz CT molecular complexity index is 285. The molecule has 0 aliphatic heterocycles. The van der Waals surface area contributed by atoms with E-state index < -0.39 is 0 Å². The average molecular weight is 135 g/mol. The van der Waals surface area contributed by atoms with E-state index >= 15 is 0 Å². The van der Waals surface area contributed by atoms with E-state index in [9.17, 15) is 0 Å². The van der Waals surface area contributed by atoms with Crippen LogP contribution in [0.4, 0.5) is 0 Å². The van der Waals surface area contributed by atoms with Crippen molar-refractivity contribution in [2.45, 2.75) is 19.8 Å². The third kappa shape index (κ3) is 0.618. The Kier molecular flexibility index (Phi) is 0.982. The normalized spacial score (nSPS) is 15.9. The molecule has 0 spiro atoms. The molecule has 0 amide bonds. The monoisotopic (exact) mass is 135 g/mol. The summed E-state index contributed by atoms with van der Waals surface area (Å²) in [5.74, 6) is 1.68. The molecule has 1 aromatic rings. The number of aromatic nitrogens is 1. The van der Waals surface area contributed by atoms with Gasteiger partial charge in [0.25, 0.3) is 0 Å². The molecule has 1 aliphatic rings. The fourth-order valence-electron chi connectivity index (χ4n) is 1.30. The van der Waals surface area contributed by atoms with Crippen LogP contribution in [0, 0.1) is 6.92 Å². The van der Waals surface area contributed by atoms with Gasteiger partial charge in [0.1, 0.15) is 0 Å². The van der Waals surface area contributed by atoms with Gasteiger partial charge < -0.3 is 4.42 Å². The molecule has 10 heavy (non-hydrogen) atoms.